The quantitative estimate of drug-likeness (QED) is 0.275. The van der Waals surface area contributed by atoms with Crippen LogP contribution in [0.3, 0.4) is 0 Å². The lowest BCUT2D eigenvalue weighted by Crippen LogP contribution is -2.52. The molecule has 3 rings (SSSR count). The standard InChI is InChI=1S/C22H28N4O6/c1-32-20(29)8-3-2-4-11-23-19(28)12-24-16-7-5-6-14-15(16)13-26(22(14)31)17-9-10-18(27)25-21(17)30/h5-7,17,24H,2-4,8-13H2,1H3,(H,23,28)(H,25,27,30). The van der Waals surface area contributed by atoms with Gasteiger partial charge in [-0.3, -0.25) is 29.3 Å². The minimum atomic E-state index is -0.678. The molecule has 0 aromatic heterocycles. The van der Waals surface area contributed by atoms with Gasteiger partial charge in [-0.25, -0.2) is 0 Å². The van der Waals surface area contributed by atoms with E-state index >= 15 is 0 Å². The summed E-state index contributed by atoms with van der Waals surface area (Å²) in [5.41, 5.74) is 1.89. The number of amides is 4. The van der Waals surface area contributed by atoms with E-state index in [2.05, 4.69) is 20.7 Å². The Morgan fingerprint density at radius 1 is 1.19 bits per heavy atom. The minimum absolute atomic E-state index is 0.0468. The van der Waals surface area contributed by atoms with Crippen LogP contribution in [0.2, 0.25) is 0 Å². The van der Waals surface area contributed by atoms with Gasteiger partial charge in [-0.05, 0) is 31.4 Å². The molecule has 1 unspecified atom stereocenters. The highest BCUT2D eigenvalue weighted by Crippen LogP contribution is 2.32. The maximum Gasteiger partial charge on any atom is 0.305 e. The fraction of sp³-hybridized carbons (Fsp3) is 0.500. The van der Waals surface area contributed by atoms with Gasteiger partial charge in [0.25, 0.3) is 5.91 Å². The second-order valence-electron chi connectivity index (χ2n) is 7.82. The second kappa shape index (κ2) is 10.7. The van der Waals surface area contributed by atoms with Crippen molar-refractivity contribution in [2.75, 3.05) is 25.5 Å². The molecule has 0 spiro atoms. The molecule has 2 heterocycles. The van der Waals surface area contributed by atoms with Gasteiger partial charge in [0, 0.05) is 42.7 Å². The fourth-order valence-electron chi connectivity index (χ4n) is 3.89. The third-order valence-corrected chi connectivity index (χ3v) is 5.63. The number of methoxy groups -OCH3 is 1. The number of hydrogen-bond donors (Lipinski definition) is 3. The van der Waals surface area contributed by atoms with Gasteiger partial charge >= 0.3 is 5.97 Å². The maximum absolute atomic E-state index is 12.8. The molecule has 32 heavy (non-hydrogen) atoms. The van der Waals surface area contributed by atoms with Crippen LogP contribution < -0.4 is 16.0 Å². The lowest BCUT2D eigenvalue weighted by atomic mass is 10.0. The summed E-state index contributed by atoms with van der Waals surface area (Å²) in [5, 5.41) is 8.18. The Morgan fingerprint density at radius 2 is 2.00 bits per heavy atom. The number of fused-ring (bicyclic) bond motifs is 1. The highest BCUT2D eigenvalue weighted by Gasteiger charge is 2.39. The van der Waals surface area contributed by atoms with E-state index in [1.807, 2.05) is 0 Å². The van der Waals surface area contributed by atoms with Crippen molar-refractivity contribution in [3.8, 4) is 0 Å². The average molecular weight is 444 g/mol. The molecule has 3 N–H and O–H groups in total. The van der Waals surface area contributed by atoms with Crippen LogP contribution in [0.25, 0.3) is 0 Å². The van der Waals surface area contributed by atoms with Crippen LogP contribution in [0, 0.1) is 0 Å². The molecular weight excluding hydrogens is 416 g/mol. The summed E-state index contributed by atoms with van der Waals surface area (Å²) in [6.45, 7) is 0.799. The molecule has 10 nitrogen and oxygen atoms in total. The number of carbonyl (C=O) groups is 5. The van der Waals surface area contributed by atoms with E-state index in [9.17, 15) is 24.0 Å². The molecule has 0 radical (unpaired) electrons. The number of hydrogen-bond acceptors (Lipinski definition) is 7. The largest absolute Gasteiger partial charge is 0.469 e. The number of imide groups is 1. The lowest BCUT2D eigenvalue weighted by Gasteiger charge is -2.29. The molecule has 1 fully saturated rings. The van der Waals surface area contributed by atoms with E-state index in [-0.39, 0.29) is 43.2 Å². The topological polar surface area (TPSA) is 134 Å². The number of anilines is 1. The molecule has 1 aromatic rings. The summed E-state index contributed by atoms with van der Waals surface area (Å²) in [7, 11) is 1.36. The smallest absolute Gasteiger partial charge is 0.305 e. The first-order chi connectivity index (χ1) is 15.4. The minimum Gasteiger partial charge on any atom is -0.469 e. The summed E-state index contributed by atoms with van der Waals surface area (Å²) >= 11 is 0. The molecule has 0 aliphatic carbocycles. The maximum atomic E-state index is 12.8. The first-order valence-corrected chi connectivity index (χ1v) is 10.7. The molecule has 10 heteroatoms. The van der Waals surface area contributed by atoms with Gasteiger partial charge in [-0.2, -0.15) is 0 Å². The summed E-state index contributed by atoms with van der Waals surface area (Å²) < 4.78 is 4.58. The molecule has 0 saturated carbocycles. The number of esters is 1. The van der Waals surface area contributed by atoms with Gasteiger partial charge in [-0.1, -0.05) is 12.5 Å². The molecule has 4 amide bonds. The predicted octanol–water partition coefficient (Wildman–Crippen LogP) is 0.709. The van der Waals surface area contributed by atoms with E-state index < -0.39 is 11.9 Å². The highest BCUT2D eigenvalue weighted by molar-refractivity contribution is 6.06. The van der Waals surface area contributed by atoms with Crippen LogP contribution in [-0.4, -0.2) is 60.7 Å². The van der Waals surface area contributed by atoms with Crippen LogP contribution in [0.4, 0.5) is 5.69 Å². The molecule has 2 aliphatic rings. The van der Waals surface area contributed by atoms with E-state index in [0.717, 1.165) is 18.4 Å². The van der Waals surface area contributed by atoms with Gasteiger partial charge in [0.2, 0.25) is 17.7 Å². The van der Waals surface area contributed by atoms with Crippen LogP contribution >= 0.6 is 0 Å². The first-order valence-electron chi connectivity index (χ1n) is 10.7. The Hall–Kier alpha value is -3.43. The number of unbranched alkanes of at least 4 members (excludes halogenated alkanes) is 2. The van der Waals surface area contributed by atoms with Crippen molar-refractivity contribution in [3.63, 3.8) is 0 Å². The number of nitrogens with zero attached hydrogens (tertiary/aromatic N) is 1. The molecule has 1 atom stereocenters. The highest BCUT2D eigenvalue weighted by atomic mass is 16.5. The fourth-order valence-corrected chi connectivity index (χ4v) is 3.89. The zero-order valence-corrected chi connectivity index (χ0v) is 18.1. The average Bonchev–Trinajstić information content (AvgIpc) is 3.11. The Morgan fingerprint density at radius 3 is 2.75 bits per heavy atom. The van der Waals surface area contributed by atoms with E-state index in [0.29, 0.717) is 37.1 Å². The number of rotatable bonds is 10. The van der Waals surface area contributed by atoms with Gasteiger partial charge in [-0.15, -0.1) is 0 Å². The van der Waals surface area contributed by atoms with Crippen molar-refractivity contribution in [2.24, 2.45) is 0 Å². The van der Waals surface area contributed by atoms with E-state index in [4.69, 9.17) is 0 Å². The number of ether oxygens (including phenoxy) is 1. The van der Waals surface area contributed by atoms with Crippen LogP contribution in [0.15, 0.2) is 18.2 Å². The van der Waals surface area contributed by atoms with Crippen LogP contribution in [-0.2, 0) is 30.5 Å². The summed E-state index contributed by atoms with van der Waals surface area (Å²) in [5.74, 6) is -1.45. The zero-order chi connectivity index (χ0) is 23.1. The normalized spacial score (nSPS) is 17.6. The Kier molecular flexibility index (Phi) is 7.80. The van der Waals surface area contributed by atoms with Crippen molar-refractivity contribution < 1.29 is 28.7 Å². The second-order valence-corrected chi connectivity index (χ2v) is 7.82. The van der Waals surface area contributed by atoms with Crippen molar-refractivity contribution in [2.45, 2.75) is 51.1 Å². The first kappa shape index (κ1) is 23.2. The molecule has 172 valence electrons. The number of nitrogens with one attached hydrogen (secondary N) is 3. The predicted molar refractivity (Wildman–Crippen MR) is 114 cm³/mol. The number of carbonyl (C=O) groups excluding carboxylic acids is 5. The molecular formula is C22H28N4O6. The van der Waals surface area contributed by atoms with Crippen molar-refractivity contribution in [3.05, 3.63) is 29.3 Å². The third-order valence-electron chi connectivity index (χ3n) is 5.63. The van der Waals surface area contributed by atoms with Crippen LogP contribution in [0.1, 0.15) is 54.4 Å². The Balaban J connectivity index is 1.48. The summed E-state index contributed by atoms with van der Waals surface area (Å²) in [6, 6.07) is 4.54. The Bertz CT molecular complexity index is 916. The third kappa shape index (κ3) is 5.63. The van der Waals surface area contributed by atoms with Crippen molar-refractivity contribution in [1.29, 1.82) is 0 Å². The number of benzene rings is 1. The van der Waals surface area contributed by atoms with Crippen molar-refractivity contribution >= 4 is 35.3 Å². The molecule has 1 saturated heterocycles. The van der Waals surface area contributed by atoms with E-state index in [1.165, 1.54) is 12.0 Å². The monoisotopic (exact) mass is 444 g/mol. The van der Waals surface area contributed by atoms with Gasteiger partial charge in [0.1, 0.15) is 6.04 Å². The summed E-state index contributed by atoms with van der Waals surface area (Å²) in [6.07, 6.45) is 3.17. The summed E-state index contributed by atoms with van der Waals surface area (Å²) in [4.78, 5) is 61.1. The van der Waals surface area contributed by atoms with Crippen molar-refractivity contribution in [1.82, 2.24) is 15.5 Å². The molecule has 0 bridgehead atoms. The molecule has 1 aromatic carbocycles. The zero-order valence-electron chi connectivity index (χ0n) is 18.1. The van der Waals surface area contributed by atoms with Gasteiger partial charge < -0.3 is 20.3 Å². The SMILES string of the molecule is COC(=O)CCCCCNC(=O)CNc1cccc2c1CN(C1CCC(=O)NC1=O)C2=O. The van der Waals surface area contributed by atoms with Gasteiger partial charge in [0.05, 0.1) is 13.7 Å². The van der Waals surface area contributed by atoms with E-state index in [1.54, 1.807) is 18.2 Å². The Labute approximate surface area is 186 Å². The number of piperidine rings is 1. The van der Waals surface area contributed by atoms with Gasteiger partial charge in [0.15, 0.2) is 0 Å². The lowest BCUT2D eigenvalue weighted by molar-refractivity contribution is -0.141. The van der Waals surface area contributed by atoms with Crippen LogP contribution in [0.5, 0.6) is 0 Å². The molecule has 2 aliphatic heterocycles.